The zero-order valence-corrected chi connectivity index (χ0v) is 11.8. The summed E-state index contributed by atoms with van der Waals surface area (Å²) in [5, 5.41) is 2.63. The van der Waals surface area contributed by atoms with Gasteiger partial charge in [0.25, 0.3) is 0 Å². The molecular weight excluding hydrogens is 242 g/mol. The summed E-state index contributed by atoms with van der Waals surface area (Å²) in [6, 6.07) is 25.9. The Morgan fingerprint density at radius 3 is 2.10 bits per heavy atom. The van der Waals surface area contributed by atoms with Crippen molar-refractivity contribution in [3.05, 3.63) is 83.9 Å². The van der Waals surface area contributed by atoms with E-state index in [4.69, 9.17) is 0 Å². The molecule has 0 saturated heterocycles. The molecule has 0 unspecified atom stereocenters. The predicted molar refractivity (Wildman–Crippen MR) is 85.6 cm³/mol. The number of hydrogen-bond donors (Lipinski definition) is 0. The third-order valence-electron chi connectivity index (χ3n) is 3.56. The minimum Gasteiger partial charge on any atom is -0.298 e. The van der Waals surface area contributed by atoms with Crippen molar-refractivity contribution in [3.8, 4) is 0 Å². The molecule has 20 heavy (non-hydrogen) atoms. The van der Waals surface area contributed by atoms with Crippen molar-refractivity contribution in [1.82, 2.24) is 4.90 Å². The molecule has 1 nitrogen and oxygen atoms in total. The summed E-state index contributed by atoms with van der Waals surface area (Å²) in [7, 11) is 2.17. The maximum Gasteiger partial charge on any atom is 0.0234 e. The number of rotatable bonds is 4. The Bertz CT molecular complexity index is 688. The Morgan fingerprint density at radius 1 is 0.650 bits per heavy atom. The molecule has 0 spiro atoms. The van der Waals surface area contributed by atoms with Gasteiger partial charge in [0.05, 0.1) is 0 Å². The summed E-state index contributed by atoms with van der Waals surface area (Å²) in [6.45, 7) is 1.95. The van der Waals surface area contributed by atoms with Gasteiger partial charge in [-0.05, 0) is 35.0 Å². The van der Waals surface area contributed by atoms with Crippen molar-refractivity contribution in [2.75, 3.05) is 7.05 Å². The topological polar surface area (TPSA) is 3.24 Å². The van der Waals surface area contributed by atoms with Crippen LogP contribution >= 0.6 is 0 Å². The molecule has 0 saturated carbocycles. The lowest BCUT2D eigenvalue weighted by molar-refractivity contribution is 0.319. The second-order valence-electron chi connectivity index (χ2n) is 5.34. The van der Waals surface area contributed by atoms with Crippen molar-refractivity contribution in [2.45, 2.75) is 13.1 Å². The van der Waals surface area contributed by atoms with E-state index in [2.05, 4.69) is 84.7 Å². The molecule has 0 N–H and O–H groups in total. The highest BCUT2D eigenvalue weighted by atomic mass is 15.1. The zero-order valence-electron chi connectivity index (χ0n) is 11.8. The van der Waals surface area contributed by atoms with Crippen LogP contribution in [0.4, 0.5) is 0 Å². The summed E-state index contributed by atoms with van der Waals surface area (Å²) in [6.07, 6.45) is 0. The van der Waals surface area contributed by atoms with E-state index < -0.39 is 0 Å². The molecular formula is C19H19N. The van der Waals surface area contributed by atoms with Crippen LogP contribution in [0.5, 0.6) is 0 Å². The molecule has 0 aliphatic heterocycles. The van der Waals surface area contributed by atoms with E-state index in [-0.39, 0.29) is 0 Å². The zero-order chi connectivity index (χ0) is 13.8. The van der Waals surface area contributed by atoms with Gasteiger partial charge in [0.15, 0.2) is 0 Å². The van der Waals surface area contributed by atoms with E-state index in [9.17, 15) is 0 Å². The first-order valence-corrected chi connectivity index (χ1v) is 7.01. The van der Waals surface area contributed by atoms with Crippen LogP contribution in [0, 0.1) is 0 Å². The fourth-order valence-electron chi connectivity index (χ4n) is 2.60. The minimum atomic E-state index is 0.972. The van der Waals surface area contributed by atoms with E-state index in [0.717, 1.165) is 13.1 Å². The summed E-state index contributed by atoms with van der Waals surface area (Å²) in [5.74, 6) is 0. The van der Waals surface area contributed by atoms with Gasteiger partial charge in [-0.3, -0.25) is 4.90 Å². The molecule has 1 heteroatoms. The number of benzene rings is 3. The highest BCUT2D eigenvalue weighted by Crippen LogP contribution is 2.17. The van der Waals surface area contributed by atoms with Crippen LogP contribution in [0.3, 0.4) is 0 Å². The van der Waals surface area contributed by atoms with E-state index >= 15 is 0 Å². The first-order chi connectivity index (χ1) is 9.81. The highest BCUT2D eigenvalue weighted by Gasteiger charge is 2.02. The molecule has 3 rings (SSSR count). The molecule has 100 valence electrons. The summed E-state index contributed by atoms with van der Waals surface area (Å²) < 4.78 is 0. The van der Waals surface area contributed by atoms with Gasteiger partial charge < -0.3 is 0 Å². The van der Waals surface area contributed by atoms with Gasteiger partial charge >= 0.3 is 0 Å². The molecule has 0 atom stereocenters. The minimum absolute atomic E-state index is 0.972. The molecule has 0 amide bonds. The molecule has 0 radical (unpaired) electrons. The first kappa shape index (κ1) is 12.9. The van der Waals surface area contributed by atoms with Gasteiger partial charge in [-0.15, -0.1) is 0 Å². The molecule has 0 aliphatic rings. The van der Waals surface area contributed by atoms with Crippen LogP contribution in [0.1, 0.15) is 11.1 Å². The normalized spacial score (nSPS) is 11.1. The van der Waals surface area contributed by atoms with E-state index in [1.165, 1.54) is 21.9 Å². The molecule has 3 aromatic rings. The lowest BCUT2D eigenvalue weighted by atomic mass is 10.1. The first-order valence-electron chi connectivity index (χ1n) is 7.01. The van der Waals surface area contributed by atoms with Crippen molar-refractivity contribution in [2.24, 2.45) is 0 Å². The van der Waals surface area contributed by atoms with Crippen LogP contribution in [0.25, 0.3) is 10.8 Å². The highest BCUT2D eigenvalue weighted by molar-refractivity contribution is 5.82. The van der Waals surface area contributed by atoms with Gasteiger partial charge in [-0.25, -0.2) is 0 Å². The smallest absolute Gasteiger partial charge is 0.0234 e. The fourth-order valence-corrected chi connectivity index (χ4v) is 2.60. The van der Waals surface area contributed by atoms with Crippen LogP contribution in [0.15, 0.2) is 72.8 Å². The van der Waals surface area contributed by atoms with Crippen molar-refractivity contribution in [3.63, 3.8) is 0 Å². The Morgan fingerprint density at radius 2 is 1.30 bits per heavy atom. The third-order valence-corrected chi connectivity index (χ3v) is 3.56. The number of nitrogens with zero attached hydrogens (tertiary/aromatic N) is 1. The monoisotopic (exact) mass is 261 g/mol. The molecule has 0 fully saturated rings. The van der Waals surface area contributed by atoms with Gasteiger partial charge in [-0.1, -0.05) is 66.7 Å². The Hall–Kier alpha value is -2.12. The average Bonchev–Trinajstić information content (AvgIpc) is 2.48. The van der Waals surface area contributed by atoms with Crippen LogP contribution in [-0.2, 0) is 13.1 Å². The molecule has 0 bridgehead atoms. The summed E-state index contributed by atoms with van der Waals surface area (Å²) in [5.41, 5.74) is 2.72. The van der Waals surface area contributed by atoms with Crippen LogP contribution in [0.2, 0.25) is 0 Å². The summed E-state index contributed by atoms with van der Waals surface area (Å²) >= 11 is 0. The van der Waals surface area contributed by atoms with Crippen molar-refractivity contribution in [1.29, 1.82) is 0 Å². The Balaban J connectivity index is 1.72. The molecule has 0 heterocycles. The van der Waals surface area contributed by atoms with Crippen LogP contribution in [-0.4, -0.2) is 11.9 Å². The van der Waals surface area contributed by atoms with Crippen molar-refractivity contribution >= 4 is 10.8 Å². The third kappa shape index (κ3) is 3.06. The van der Waals surface area contributed by atoms with E-state index in [1.807, 2.05) is 0 Å². The van der Waals surface area contributed by atoms with Gasteiger partial charge in [0.2, 0.25) is 0 Å². The maximum atomic E-state index is 2.35. The van der Waals surface area contributed by atoms with Gasteiger partial charge in [0.1, 0.15) is 0 Å². The predicted octanol–water partition coefficient (Wildman–Crippen LogP) is 4.47. The largest absolute Gasteiger partial charge is 0.298 e. The summed E-state index contributed by atoms with van der Waals surface area (Å²) in [4.78, 5) is 2.35. The second kappa shape index (κ2) is 5.89. The lowest BCUT2D eigenvalue weighted by Gasteiger charge is -2.17. The SMILES string of the molecule is CN(Cc1ccccc1)Cc1ccc2ccccc2c1. The van der Waals surface area contributed by atoms with Gasteiger partial charge in [0, 0.05) is 13.1 Å². The van der Waals surface area contributed by atoms with Crippen LogP contribution < -0.4 is 0 Å². The molecule has 0 aromatic heterocycles. The molecule has 3 aromatic carbocycles. The van der Waals surface area contributed by atoms with E-state index in [1.54, 1.807) is 0 Å². The molecule has 0 aliphatic carbocycles. The number of hydrogen-bond acceptors (Lipinski definition) is 1. The van der Waals surface area contributed by atoms with Crippen molar-refractivity contribution < 1.29 is 0 Å². The Labute approximate surface area is 120 Å². The average molecular weight is 261 g/mol. The quantitative estimate of drug-likeness (QED) is 0.669. The Kier molecular flexibility index (Phi) is 3.80. The number of fused-ring (bicyclic) bond motifs is 1. The van der Waals surface area contributed by atoms with E-state index in [0.29, 0.717) is 0 Å². The standard InChI is InChI=1S/C19H19N/c1-20(14-16-7-3-2-4-8-16)15-17-11-12-18-9-5-6-10-19(18)13-17/h2-13H,14-15H2,1H3. The second-order valence-corrected chi connectivity index (χ2v) is 5.34. The lowest BCUT2D eigenvalue weighted by Crippen LogP contribution is -2.17. The fraction of sp³-hybridized carbons (Fsp3) is 0.158. The maximum absolute atomic E-state index is 2.35. The van der Waals surface area contributed by atoms with Gasteiger partial charge in [-0.2, -0.15) is 0 Å².